The first-order chi connectivity index (χ1) is 11.9. The highest BCUT2D eigenvalue weighted by Crippen LogP contribution is 2.19. The Morgan fingerprint density at radius 2 is 1.56 bits per heavy atom. The maximum atomic E-state index is 11.9. The third-order valence-corrected chi connectivity index (χ3v) is 3.47. The molecule has 0 aliphatic rings. The molecule has 0 radical (unpaired) electrons. The van der Waals surface area contributed by atoms with Gasteiger partial charge in [-0.05, 0) is 42.5 Å². The minimum Gasteiger partial charge on any atom is -0.497 e. The fourth-order valence-electron chi connectivity index (χ4n) is 1.86. The van der Waals surface area contributed by atoms with Gasteiger partial charge in [0.25, 0.3) is 11.8 Å². The number of benzene rings is 2. The molecule has 2 rings (SSSR count). The van der Waals surface area contributed by atoms with Crippen molar-refractivity contribution in [3.63, 3.8) is 0 Å². The summed E-state index contributed by atoms with van der Waals surface area (Å²) in [6, 6.07) is 10.3. The molecular weight excluding hydrogens is 369 g/mol. The summed E-state index contributed by atoms with van der Waals surface area (Å²) in [6.07, 6.45) is 0. The van der Waals surface area contributed by atoms with Crippen LogP contribution in [0.15, 0.2) is 42.5 Å². The van der Waals surface area contributed by atoms with Crippen LogP contribution in [0.3, 0.4) is 0 Å². The van der Waals surface area contributed by atoms with Crippen LogP contribution in [0.4, 0.5) is 0 Å². The lowest BCUT2D eigenvalue weighted by Crippen LogP contribution is -2.34. The van der Waals surface area contributed by atoms with Crippen LogP contribution in [-0.2, 0) is 9.53 Å². The molecule has 0 saturated heterocycles. The van der Waals surface area contributed by atoms with Gasteiger partial charge in [-0.1, -0.05) is 23.2 Å². The van der Waals surface area contributed by atoms with Crippen LogP contribution in [0.2, 0.25) is 10.0 Å². The molecular formula is C17H13Cl2NO5. The van der Waals surface area contributed by atoms with E-state index in [0.29, 0.717) is 5.75 Å². The minimum absolute atomic E-state index is 0.104. The average Bonchev–Trinajstić information content (AvgIpc) is 2.58. The first-order valence-corrected chi connectivity index (χ1v) is 7.76. The number of nitrogens with one attached hydrogen (secondary N) is 1. The van der Waals surface area contributed by atoms with Gasteiger partial charge in [0, 0.05) is 15.6 Å². The van der Waals surface area contributed by atoms with E-state index >= 15 is 0 Å². The van der Waals surface area contributed by atoms with Crippen LogP contribution in [0.25, 0.3) is 0 Å². The molecule has 6 nitrogen and oxygen atoms in total. The van der Waals surface area contributed by atoms with Crippen molar-refractivity contribution in [3.05, 3.63) is 63.6 Å². The number of methoxy groups -OCH3 is 1. The van der Waals surface area contributed by atoms with Crippen molar-refractivity contribution in [2.45, 2.75) is 0 Å². The maximum Gasteiger partial charge on any atom is 0.338 e. The van der Waals surface area contributed by atoms with E-state index in [1.165, 1.54) is 37.4 Å². The lowest BCUT2D eigenvalue weighted by molar-refractivity contribution is -0.123. The Bertz CT molecular complexity index is 785. The van der Waals surface area contributed by atoms with Gasteiger partial charge < -0.3 is 9.47 Å². The first kappa shape index (κ1) is 18.8. The Labute approximate surface area is 153 Å². The molecule has 130 valence electrons. The highest BCUT2D eigenvalue weighted by molar-refractivity contribution is 6.35. The Morgan fingerprint density at radius 3 is 2.12 bits per heavy atom. The van der Waals surface area contributed by atoms with E-state index in [-0.39, 0.29) is 21.2 Å². The van der Waals surface area contributed by atoms with Crippen molar-refractivity contribution < 1.29 is 23.9 Å². The second kappa shape index (κ2) is 8.50. The van der Waals surface area contributed by atoms with E-state index in [0.717, 1.165) is 0 Å². The van der Waals surface area contributed by atoms with E-state index in [9.17, 15) is 14.4 Å². The number of rotatable bonds is 5. The summed E-state index contributed by atoms with van der Waals surface area (Å²) in [5.41, 5.74) is 0.369. The molecule has 0 aliphatic heterocycles. The van der Waals surface area contributed by atoms with Crippen molar-refractivity contribution >= 4 is 41.0 Å². The molecule has 0 heterocycles. The smallest absolute Gasteiger partial charge is 0.338 e. The van der Waals surface area contributed by atoms with Crippen LogP contribution in [-0.4, -0.2) is 31.5 Å². The number of amides is 2. The number of imide groups is 1. The van der Waals surface area contributed by atoms with Crippen molar-refractivity contribution in [2.24, 2.45) is 0 Å². The molecule has 1 N–H and O–H groups in total. The highest BCUT2D eigenvalue weighted by Gasteiger charge is 2.14. The number of hydrogen-bond donors (Lipinski definition) is 1. The molecule has 2 aromatic carbocycles. The summed E-state index contributed by atoms with van der Waals surface area (Å²) >= 11 is 11.6. The molecule has 0 saturated carbocycles. The molecule has 0 aromatic heterocycles. The lowest BCUT2D eigenvalue weighted by atomic mass is 10.2. The zero-order valence-corrected chi connectivity index (χ0v) is 14.6. The molecule has 0 atom stereocenters. The number of esters is 1. The van der Waals surface area contributed by atoms with Gasteiger partial charge in [0.1, 0.15) is 5.75 Å². The summed E-state index contributed by atoms with van der Waals surface area (Å²) in [5, 5.41) is 2.64. The summed E-state index contributed by atoms with van der Waals surface area (Å²) < 4.78 is 9.81. The molecule has 8 heteroatoms. The normalized spacial score (nSPS) is 10.0. The summed E-state index contributed by atoms with van der Waals surface area (Å²) in [7, 11) is 1.50. The average molecular weight is 382 g/mol. The molecule has 0 spiro atoms. The van der Waals surface area contributed by atoms with Gasteiger partial charge in [0.2, 0.25) is 0 Å². The van der Waals surface area contributed by atoms with Gasteiger partial charge in [-0.3, -0.25) is 14.9 Å². The molecule has 2 aromatic rings. The first-order valence-electron chi connectivity index (χ1n) is 7.00. The number of ether oxygens (including phenoxy) is 2. The standard InChI is InChI=1S/C17H13Cl2NO5/c1-24-14-4-2-10(3-5-14)16(22)20-15(21)9-25-17(23)11-6-12(18)8-13(19)7-11/h2-8H,9H2,1H3,(H,20,21,22). The van der Waals surface area contributed by atoms with Crippen molar-refractivity contribution in [3.8, 4) is 5.75 Å². The molecule has 2 amide bonds. The fourth-order valence-corrected chi connectivity index (χ4v) is 2.39. The molecule has 0 aliphatic carbocycles. The third kappa shape index (κ3) is 5.48. The number of carbonyl (C=O) groups excluding carboxylic acids is 3. The van der Waals surface area contributed by atoms with Crippen LogP contribution >= 0.6 is 23.2 Å². The van der Waals surface area contributed by atoms with Gasteiger partial charge in [0.05, 0.1) is 12.7 Å². The Morgan fingerprint density at radius 1 is 0.960 bits per heavy atom. The lowest BCUT2D eigenvalue weighted by Gasteiger charge is -2.07. The second-order valence-electron chi connectivity index (χ2n) is 4.84. The van der Waals surface area contributed by atoms with E-state index in [1.54, 1.807) is 12.1 Å². The summed E-state index contributed by atoms with van der Waals surface area (Å²) in [5.74, 6) is -1.58. The van der Waals surface area contributed by atoms with E-state index in [2.05, 4.69) is 5.32 Å². The number of halogens is 2. The molecule has 25 heavy (non-hydrogen) atoms. The Kier molecular flexibility index (Phi) is 6.38. The molecule has 0 fully saturated rings. The zero-order valence-electron chi connectivity index (χ0n) is 13.0. The van der Waals surface area contributed by atoms with Gasteiger partial charge in [-0.2, -0.15) is 0 Å². The predicted molar refractivity (Wildman–Crippen MR) is 92.2 cm³/mol. The SMILES string of the molecule is COc1ccc(C(=O)NC(=O)COC(=O)c2cc(Cl)cc(Cl)c2)cc1. The minimum atomic E-state index is -0.781. The predicted octanol–water partition coefficient (Wildman–Crippen LogP) is 3.12. The van der Waals surface area contributed by atoms with Gasteiger partial charge in [0.15, 0.2) is 6.61 Å². The molecule has 0 bridgehead atoms. The highest BCUT2D eigenvalue weighted by atomic mass is 35.5. The van der Waals surface area contributed by atoms with Crippen LogP contribution in [0.5, 0.6) is 5.75 Å². The van der Waals surface area contributed by atoms with Crippen molar-refractivity contribution in [2.75, 3.05) is 13.7 Å². The van der Waals surface area contributed by atoms with Gasteiger partial charge >= 0.3 is 5.97 Å². The summed E-state index contributed by atoms with van der Waals surface area (Å²) in [4.78, 5) is 35.5. The molecule has 0 unspecified atom stereocenters. The van der Waals surface area contributed by atoms with Crippen LogP contribution in [0, 0.1) is 0 Å². The van der Waals surface area contributed by atoms with Crippen LogP contribution < -0.4 is 10.1 Å². The quantitative estimate of drug-likeness (QED) is 0.804. The van der Waals surface area contributed by atoms with Crippen LogP contribution in [0.1, 0.15) is 20.7 Å². The Hall–Kier alpha value is -2.57. The maximum absolute atomic E-state index is 11.9. The fraction of sp³-hybridized carbons (Fsp3) is 0.118. The number of carbonyl (C=O) groups is 3. The topological polar surface area (TPSA) is 81.7 Å². The Balaban J connectivity index is 1.89. The van der Waals surface area contributed by atoms with E-state index in [1.807, 2.05) is 0 Å². The second-order valence-corrected chi connectivity index (χ2v) is 5.71. The largest absolute Gasteiger partial charge is 0.497 e. The van der Waals surface area contributed by atoms with Crippen molar-refractivity contribution in [1.29, 1.82) is 0 Å². The monoisotopic (exact) mass is 381 g/mol. The third-order valence-electron chi connectivity index (χ3n) is 3.04. The van der Waals surface area contributed by atoms with E-state index in [4.69, 9.17) is 32.7 Å². The summed E-state index contributed by atoms with van der Waals surface area (Å²) in [6.45, 7) is -0.620. The number of hydrogen-bond acceptors (Lipinski definition) is 5. The van der Waals surface area contributed by atoms with Crippen molar-refractivity contribution in [1.82, 2.24) is 5.32 Å². The zero-order chi connectivity index (χ0) is 18.4. The van der Waals surface area contributed by atoms with E-state index < -0.39 is 24.4 Å². The van der Waals surface area contributed by atoms with Gasteiger partial charge in [-0.25, -0.2) is 4.79 Å². The van der Waals surface area contributed by atoms with Gasteiger partial charge in [-0.15, -0.1) is 0 Å².